The molecule has 0 heterocycles. The van der Waals surface area contributed by atoms with Gasteiger partial charge in [-0.25, -0.2) is 0 Å². The third-order valence-corrected chi connectivity index (χ3v) is 10.7. The largest absolute Gasteiger partial charge is 0.294 e. The highest BCUT2D eigenvalue weighted by molar-refractivity contribution is 6.02. The molecular weight excluding hydrogens is 368 g/mol. The lowest BCUT2D eigenvalue weighted by molar-refractivity contribution is -0.119. The van der Waals surface area contributed by atoms with Crippen LogP contribution < -0.4 is 0 Å². The van der Waals surface area contributed by atoms with Crippen LogP contribution in [0.25, 0.3) is 0 Å². The van der Waals surface area contributed by atoms with E-state index in [2.05, 4.69) is 0 Å². The molecule has 8 fully saturated rings. The Bertz CT molecular complexity index is 803. The summed E-state index contributed by atoms with van der Waals surface area (Å²) >= 11 is 0. The number of fused-ring (bicyclic) bond motifs is 8. The maximum Gasteiger partial charge on any atom is 0.162 e. The molecule has 0 aliphatic heterocycles. The number of ketones is 2. The first-order valence-electron chi connectivity index (χ1n) is 13.2. The molecule has 2 nitrogen and oxygen atoms in total. The van der Waals surface area contributed by atoms with Gasteiger partial charge in [0.25, 0.3) is 0 Å². The lowest BCUT2D eigenvalue weighted by Crippen LogP contribution is -2.16. The van der Waals surface area contributed by atoms with E-state index in [1.54, 1.807) is 11.1 Å². The summed E-state index contributed by atoms with van der Waals surface area (Å²) in [7, 11) is 0. The molecule has 8 aliphatic carbocycles. The molecule has 30 heavy (non-hydrogen) atoms. The fourth-order valence-electron chi connectivity index (χ4n) is 9.42. The van der Waals surface area contributed by atoms with Crippen molar-refractivity contribution in [3.8, 4) is 0 Å². The summed E-state index contributed by atoms with van der Waals surface area (Å²) in [6.07, 6.45) is 18.4. The predicted octanol–water partition coefficient (Wildman–Crippen LogP) is 6.20. The molecule has 0 N–H and O–H groups in total. The molecule has 8 saturated carbocycles. The number of carbonyl (C=O) groups excluding carboxylic acids is 2. The molecule has 8 unspecified atom stereocenters. The van der Waals surface area contributed by atoms with E-state index in [9.17, 15) is 9.59 Å². The van der Waals surface area contributed by atoms with Crippen LogP contribution in [-0.2, 0) is 9.59 Å². The fraction of sp³-hybridized carbons (Fsp3) is 0.786. The van der Waals surface area contributed by atoms with Gasteiger partial charge in [-0.2, -0.15) is 0 Å². The number of allylic oxidation sites excluding steroid dienone is 4. The van der Waals surface area contributed by atoms with Crippen molar-refractivity contribution in [2.24, 2.45) is 47.3 Å². The minimum Gasteiger partial charge on any atom is -0.294 e. The Morgan fingerprint density at radius 1 is 0.433 bits per heavy atom. The Kier molecular flexibility index (Phi) is 4.08. The van der Waals surface area contributed by atoms with Crippen LogP contribution in [0.3, 0.4) is 0 Å². The third kappa shape index (κ3) is 2.61. The van der Waals surface area contributed by atoms with Gasteiger partial charge in [-0.05, 0) is 137 Å². The van der Waals surface area contributed by atoms with Crippen LogP contribution >= 0.6 is 0 Å². The quantitative estimate of drug-likeness (QED) is 0.450. The van der Waals surface area contributed by atoms with Crippen molar-refractivity contribution in [3.63, 3.8) is 0 Å². The Morgan fingerprint density at radius 2 is 0.833 bits per heavy atom. The number of hydrogen-bond acceptors (Lipinski definition) is 2. The summed E-state index contributed by atoms with van der Waals surface area (Å²) in [6, 6.07) is 0. The van der Waals surface area contributed by atoms with Crippen LogP contribution in [0, 0.1) is 47.3 Å². The van der Waals surface area contributed by atoms with E-state index in [1.165, 1.54) is 101 Å². The normalized spacial score (nSPS) is 52.1. The summed E-state index contributed by atoms with van der Waals surface area (Å²) in [5, 5.41) is 0. The van der Waals surface area contributed by atoms with Gasteiger partial charge in [0.05, 0.1) is 0 Å². The Morgan fingerprint density at radius 3 is 1.13 bits per heavy atom. The van der Waals surface area contributed by atoms with Gasteiger partial charge < -0.3 is 0 Å². The average molecular weight is 405 g/mol. The van der Waals surface area contributed by atoms with Crippen molar-refractivity contribution in [1.82, 2.24) is 0 Å². The summed E-state index contributed by atoms with van der Waals surface area (Å²) < 4.78 is 0. The molecule has 0 aromatic heterocycles. The van der Waals surface area contributed by atoms with Crippen LogP contribution in [0.2, 0.25) is 0 Å². The predicted molar refractivity (Wildman–Crippen MR) is 117 cm³/mol. The van der Waals surface area contributed by atoms with Gasteiger partial charge in [-0.3, -0.25) is 9.59 Å². The summed E-state index contributed by atoms with van der Waals surface area (Å²) in [6.45, 7) is 0. The second kappa shape index (κ2) is 6.66. The third-order valence-electron chi connectivity index (χ3n) is 10.7. The van der Waals surface area contributed by atoms with Crippen molar-refractivity contribution >= 4 is 11.6 Å². The first-order valence-corrected chi connectivity index (χ1v) is 13.2. The lowest BCUT2D eigenvalue weighted by atomic mass is 9.83. The molecule has 0 amide bonds. The van der Waals surface area contributed by atoms with Crippen molar-refractivity contribution in [2.45, 2.75) is 89.9 Å². The van der Waals surface area contributed by atoms with E-state index in [0.717, 1.165) is 23.7 Å². The van der Waals surface area contributed by atoms with E-state index < -0.39 is 0 Å². The highest BCUT2D eigenvalue weighted by Gasteiger charge is 2.48. The molecule has 2 heteroatoms. The van der Waals surface area contributed by atoms with Crippen molar-refractivity contribution in [2.75, 3.05) is 0 Å². The molecule has 160 valence electrons. The van der Waals surface area contributed by atoms with Crippen molar-refractivity contribution in [1.29, 1.82) is 0 Å². The second-order valence-electron chi connectivity index (χ2n) is 12.2. The van der Waals surface area contributed by atoms with E-state index in [1.807, 2.05) is 0 Å². The van der Waals surface area contributed by atoms with Crippen molar-refractivity contribution in [3.05, 3.63) is 22.3 Å². The van der Waals surface area contributed by atoms with Crippen LogP contribution in [0.4, 0.5) is 0 Å². The molecule has 8 bridgehead atoms. The highest BCUT2D eigenvalue weighted by atomic mass is 16.1. The minimum atomic E-state index is 0.441. The second-order valence-corrected chi connectivity index (χ2v) is 12.2. The topological polar surface area (TPSA) is 34.1 Å². The van der Waals surface area contributed by atoms with Gasteiger partial charge in [0.15, 0.2) is 11.6 Å². The Balaban J connectivity index is 0.000000108. The molecule has 0 saturated heterocycles. The van der Waals surface area contributed by atoms with Gasteiger partial charge in [0, 0.05) is 11.8 Å². The average Bonchev–Trinajstić information content (AvgIpc) is 3.58. The zero-order valence-electron chi connectivity index (χ0n) is 18.3. The van der Waals surface area contributed by atoms with E-state index >= 15 is 0 Å². The smallest absolute Gasteiger partial charge is 0.162 e. The number of carbonyl (C=O) groups is 2. The van der Waals surface area contributed by atoms with Crippen LogP contribution in [0.15, 0.2) is 22.3 Å². The minimum absolute atomic E-state index is 0.441. The Labute approximate surface area is 180 Å². The van der Waals surface area contributed by atoms with Crippen molar-refractivity contribution < 1.29 is 9.59 Å². The zero-order valence-corrected chi connectivity index (χ0v) is 18.3. The molecule has 0 radical (unpaired) electrons. The van der Waals surface area contributed by atoms with E-state index in [0.29, 0.717) is 35.2 Å². The van der Waals surface area contributed by atoms with Crippen LogP contribution in [0.5, 0.6) is 0 Å². The molecule has 0 aromatic rings. The molecule has 0 spiro atoms. The fourth-order valence-corrected chi connectivity index (χ4v) is 9.42. The maximum atomic E-state index is 12.2. The molecule has 8 atom stereocenters. The van der Waals surface area contributed by atoms with Gasteiger partial charge in [-0.1, -0.05) is 11.1 Å². The van der Waals surface area contributed by atoms with Gasteiger partial charge in [-0.15, -0.1) is 0 Å². The summed E-state index contributed by atoms with van der Waals surface area (Å²) in [5.74, 6) is 6.94. The lowest BCUT2D eigenvalue weighted by Gasteiger charge is -2.21. The number of Topliss-reactive ketones (excluding diaryl/α,β-unsaturated/α-hetero) is 2. The highest BCUT2D eigenvalue weighted by Crippen LogP contribution is 2.56. The first-order chi connectivity index (χ1) is 14.7. The first kappa shape index (κ1) is 18.4. The van der Waals surface area contributed by atoms with Crippen LogP contribution in [-0.4, -0.2) is 11.6 Å². The molecule has 8 aliphatic rings. The molecule has 8 rings (SSSR count). The summed E-state index contributed by atoms with van der Waals surface area (Å²) in [4.78, 5) is 24.3. The van der Waals surface area contributed by atoms with Gasteiger partial charge >= 0.3 is 0 Å². The molecular formula is C28H36O2. The SMILES string of the molecule is O=C1C(=C2CC3CCC2C3)C2CCC1C2.O=C1C(=C2CC3CCC2C3)C2CCC1C2. The monoisotopic (exact) mass is 404 g/mol. The number of rotatable bonds is 0. The summed E-state index contributed by atoms with van der Waals surface area (Å²) in [5.41, 5.74) is 5.95. The molecule has 0 aromatic carbocycles. The maximum absolute atomic E-state index is 12.2. The number of hydrogen-bond donors (Lipinski definition) is 0. The Hall–Kier alpha value is -1.18. The van der Waals surface area contributed by atoms with Gasteiger partial charge in [0.2, 0.25) is 0 Å². The van der Waals surface area contributed by atoms with Crippen LogP contribution in [0.1, 0.15) is 89.9 Å². The van der Waals surface area contributed by atoms with Gasteiger partial charge in [0.1, 0.15) is 0 Å². The van der Waals surface area contributed by atoms with E-state index in [4.69, 9.17) is 0 Å². The standard InChI is InChI=1S/2C14H18O/c2*15-14-11-4-3-10(7-11)13(14)12-6-8-1-2-9(12)5-8/h2*8-11H,1-7H2. The zero-order chi connectivity index (χ0) is 20.0. The van der Waals surface area contributed by atoms with E-state index in [-0.39, 0.29) is 0 Å².